The van der Waals surface area contributed by atoms with Crippen LogP contribution in [0.5, 0.6) is 0 Å². The highest BCUT2D eigenvalue weighted by atomic mass is 79.9. The number of aryl methyl sites for hydroxylation is 1. The smallest absolute Gasteiger partial charge is 0.252 e. The molecule has 0 saturated carbocycles. The van der Waals surface area contributed by atoms with Crippen molar-refractivity contribution in [3.8, 4) is 0 Å². The van der Waals surface area contributed by atoms with Gasteiger partial charge in [0.05, 0.1) is 5.56 Å². The van der Waals surface area contributed by atoms with Gasteiger partial charge in [0.1, 0.15) is 5.82 Å². The topological polar surface area (TPSA) is 46.9 Å². The van der Waals surface area contributed by atoms with E-state index in [1.165, 1.54) is 18.2 Å². The van der Waals surface area contributed by atoms with Gasteiger partial charge in [0.2, 0.25) is 0 Å². The lowest BCUT2D eigenvalue weighted by Crippen LogP contribution is -2.26. The average molecular weight is 326 g/mol. The predicted molar refractivity (Wildman–Crippen MR) is 73.3 cm³/mol. The van der Waals surface area contributed by atoms with Gasteiger partial charge in [-0.25, -0.2) is 4.39 Å². The molecule has 0 aliphatic carbocycles. The van der Waals surface area contributed by atoms with Gasteiger partial charge >= 0.3 is 0 Å². The first-order valence-corrected chi connectivity index (χ1v) is 6.57. The van der Waals surface area contributed by atoms with Crippen LogP contribution in [0.4, 0.5) is 4.39 Å². The number of hydrogen-bond acceptors (Lipinski definition) is 2. The minimum Gasteiger partial charge on any atom is -0.352 e. The Labute approximate surface area is 118 Å². The maximum atomic E-state index is 13.1. The first kappa shape index (κ1) is 13.7. The van der Waals surface area contributed by atoms with E-state index in [-0.39, 0.29) is 5.91 Å². The molecule has 4 nitrogen and oxygen atoms in total. The van der Waals surface area contributed by atoms with Crippen LogP contribution in [0.3, 0.4) is 0 Å². The molecule has 0 aliphatic heterocycles. The number of rotatable bonds is 4. The van der Waals surface area contributed by atoms with Crippen molar-refractivity contribution < 1.29 is 9.18 Å². The Morgan fingerprint density at radius 3 is 2.95 bits per heavy atom. The number of benzene rings is 1. The predicted octanol–water partition coefficient (Wildman–Crippen LogP) is 2.29. The second-order valence-corrected chi connectivity index (χ2v) is 4.93. The molecule has 0 saturated heterocycles. The molecule has 19 heavy (non-hydrogen) atoms. The first-order chi connectivity index (χ1) is 9.08. The van der Waals surface area contributed by atoms with Crippen molar-refractivity contribution in [3.05, 3.63) is 52.0 Å². The summed E-state index contributed by atoms with van der Waals surface area (Å²) in [4.78, 5) is 11.9. The van der Waals surface area contributed by atoms with Gasteiger partial charge in [0.15, 0.2) is 0 Å². The lowest BCUT2D eigenvalue weighted by atomic mass is 10.2. The van der Waals surface area contributed by atoms with Crippen LogP contribution in [0.15, 0.2) is 34.9 Å². The quantitative estimate of drug-likeness (QED) is 0.937. The third-order valence-corrected chi connectivity index (χ3v) is 3.45. The number of hydrogen-bond donors (Lipinski definition) is 1. The maximum absolute atomic E-state index is 13.1. The standard InChI is InChI=1S/C13H13BrFN3O/c1-18-10(5-7-17-18)4-6-16-13(19)11-8-9(15)2-3-12(11)14/h2-3,5,7-8H,4,6H2,1H3,(H,16,19). The number of amides is 1. The zero-order valence-corrected chi connectivity index (χ0v) is 11.9. The number of carbonyl (C=O) groups is 1. The van der Waals surface area contributed by atoms with Gasteiger partial charge in [0.25, 0.3) is 5.91 Å². The molecule has 2 rings (SSSR count). The van der Waals surface area contributed by atoms with Gasteiger partial charge in [-0.05, 0) is 40.2 Å². The van der Waals surface area contributed by atoms with Crippen LogP contribution in [0, 0.1) is 5.82 Å². The molecule has 1 amide bonds. The van der Waals surface area contributed by atoms with Crippen LogP contribution in [0.1, 0.15) is 16.1 Å². The lowest BCUT2D eigenvalue weighted by Gasteiger charge is -2.07. The fourth-order valence-corrected chi connectivity index (χ4v) is 2.14. The normalized spacial score (nSPS) is 10.5. The second kappa shape index (κ2) is 5.97. The summed E-state index contributed by atoms with van der Waals surface area (Å²) in [6.07, 6.45) is 2.38. The van der Waals surface area contributed by atoms with E-state index in [1.54, 1.807) is 10.9 Å². The fourth-order valence-electron chi connectivity index (χ4n) is 1.72. The highest BCUT2D eigenvalue weighted by Gasteiger charge is 2.10. The molecule has 0 spiro atoms. The second-order valence-electron chi connectivity index (χ2n) is 4.08. The third-order valence-electron chi connectivity index (χ3n) is 2.76. The zero-order valence-electron chi connectivity index (χ0n) is 10.4. The van der Waals surface area contributed by atoms with Crippen LogP contribution in [-0.2, 0) is 13.5 Å². The molecule has 100 valence electrons. The summed E-state index contributed by atoms with van der Waals surface area (Å²) in [5, 5.41) is 6.80. The Hall–Kier alpha value is -1.69. The van der Waals surface area contributed by atoms with Crippen molar-refractivity contribution in [2.24, 2.45) is 7.05 Å². The molecule has 1 heterocycles. The number of aromatic nitrogens is 2. The minimum atomic E-state index is -0.431. The number of nitrogens with zero attached hydrogens (tertiary/aromatic N) is 2. The lowest BCUT2D eigenvalue weighted by molar-refractivity contribution is 0.0952. The number of nitrogens with one attached hydrogen (secondary N) is 1. The highest BCUT2D eigenvalue weighted by molar-refractivity contribution is 9.10. The van der Waals surface area contributed by atoms with Gasteiger partial charge in [0, 0.05) is 36.4 Å². The molecule has 1 aromatic heterocycles. The molecule has 2 aromatic rings. The van der Waals surface area contributed by atoms with Crippen molar-refractivity contribution in [1.82, 2.24) is 15.1 Å². The van der Waals surface area contributed by atoms with Crippen LogP contribution in [0.2, 0.25) is 0 Å². The molecule has 0 bridgehead atoms. The van der Waals surface area contributed by atoms with Gasteiger partial charge in [-0.15, -0.1) is 0 Å². The van der Waals surface area contributed by atoms with Crippen LogP contribution in [-0.4, -0.2) is 22.2 Å². The average Bonchev–Trinajstić information content (AvgIpc) is 2.78. The number of halogens is 2. The number of carbonyl (C=O) groups excluding carboxylic acids is 1. The van der Waals surface area contributed by atoms with Crippen LogP contribution < -0.4 is 5.32 Å². The van der Waals surface area contributed by atoms with E-state index < -0.39 is 5.82 Å². The van der Waals surface area contributed by atoms with Crippen molar-refractivity contribution in [2.75, 3.05) is 6.54 Å². The molecule has 0 atom stereocenters. The summed E-state index contributed by atoms with van der Waals surface area (Å²) in [7, 11) is 1.85. The monoisotopic (exact) mass is 325 g/mol. The maximum Gasteiger partial charge on any atom is 0.252 e. The molecule has 0 fully saturated rings. The minimum absolute atomic E-state index is 0.296. The van der Waals surface area contributed by atoms with E-state index in [0.29, 0.717) is 23.0 Å². The van der Waals surface area contributed by atoms with Gasteiger partial charge in [-0.1, -0.05) is 0 Å². The summed E-state index contributed by atoms with van der Waals surface area (Å²) in [5.74, 6) is -0.728. The van der Waals surface area contributed by atoms with E-state index in [1.807, 2.05) is 13.1 Å². The van der Waals surface area contributed by atoms with Gasteiger partial charge < -0.3 is 5.32 Å². The molecule has 0 unspecified atom stereocenters. The zero-order chi connectivity index (χ0) is 13.8. The molecule has 0 aliphatic rings. The Morgan fingerprint density at radius 2 is 2.26 bits per heavy atom. The van der Waals surface area contributed by atoms with Crippen LogP contribution >= 0.6 is 15.9 Å². The van der Waals surface area contributed by atoms with E-state index in [0.717, 1.165) is 5.69 Å². The highest BCUT2D eigenvalue weighted by Crippen LogP contribution is 2.17. The Morgan fingerprint density at radius 1 is 1.47 bits per heavy atom. The van der Waals surface area contributed by atoms with Crippen molar-refractivity contribution >= 4 is 21.8 Å². The molecule has 1 N–H and O–H groups in total. The fraction of sp³-hybridized carbons (Fsp3) is 0.231. The Balaban J connectivity index is 1.94. The van der Waals surface area contributed by atoms with Crippen molar-refractivity contribution in [3.63, 3.8) is 0 Å². The first-order valence-electron chi connectivity index (χ1n) is 5.78. The van der Waals surface area contributed by atoms with Crippen molar-refractivity contribution in [2.45, 2.75) is 6.42 Å². The molecule has 0 radical (unpaired) electrons. The summed E-state index contributed by atoms with van der Waals surface area (Å²) < 4.78 is 15.4. The third kappa shape index (κ3) is 3.41. The van der Waals surface area contributed by atoms with E-state index in [2.05, 4.69) is 26.3 Å². The van der Waals surface area contributed by atoms with Gasteiger partial charge in [-0.3, -0.25) is 9.48 Å². The van der Waals surface area contributed by atoms with E-state index in [9.17, 15) is 9.18 Å². The Kier molecular flexibility index (Phi) is 4.31. The summed E-state index contributed by atoms with van der Waals surface area (Å²) >= 11 is 3.23. The Bertz CT molecular complexity index is 597. The van der Waals surface area contributed by atoms with Crippen molar-refractivity contribution in [1.29, 1.82) is 0 Å². The molecule has 6 heteroatoms. The largest absolute Gasteiger partial charge is 0.352 e. The summed E-state index contributed by atoms with van der Waals surface area (Å²) in [5.41, 5.74) is 1.32. The van der Waals surface area contributed by atoms with Gasteiger partial charge in [-0.2, -0.15) is 5.10 Å². The summed E-state index contributed by atoms with van der Waals surface area (Å²) in [6.45, 7) is 0.474. The molecular weight excluding hydrogens is 313 g/mol. The molecule has 1 aromatic carbocycles. The SMILES string of the molecule is Cn1nccc1CCNC(=O)c1cc(F)ccc1Br. The van der Waals surface area contributed by atoms with Crippen LogP contribution in [0.25, 0.3) is 0 Å². The summed E-state index contributed by atoms with van der Waals surface area (Å²) in [6, 6.07) is 5.93. The van der Waals surface area contributed by atoms with E-state index >= 15 is 0 Å². The van der Waals surface area contributed by atoms with E-state index in [4.69, 9.17) is 0 Å². The molecular formula is C13H13BrFN3O.